The Kier molecular flexibility index (Phi) is 4.29. The van der Waals surface area contributed by atoms with E-state index in [0.717, 1.165) is 35.5 Å². The van der Waals surface area contributed by atoms with Gasteiger partial charge in [0, 0.05) is 24.3 Å². The summed E-state index contributed by atoms with van der Waals surface area (Å²) in [5.41, 5.74) is 2.98. The molecule has 0 spiro atoms. The number of hydrogen-bond donors (Lipinski definition) is 1. The summed E-state index contributed by atoms with van der Waals surface area (Å²) in [6, 6.07) is 9.87. The molecule has 1 saturated heterocycles. The van der Waals surface area contributed by atoms with Gasteiger partial charge >= 0.3 is 5.97 Å². The molecule has 1 N–H and O–H groups in total. The van der Waals surface area contributed by atoms with Crippen LogP contribution in [0.2, 0.25) is 0 Å². The van der Waals surface area contributed by atoms with Gasteiger partial charge in [-0.3, -0.25) is 9.59 Å². The third-order valence-electron chi connectivity index (χ3n) is 6.42. The second kappa shape index (κ2) is 6.51. The Morgan fingerprint density at radius 2 is 2.00 bits per heavy atom. The van der Waals surface area contributed by atoms with Crippen molar-refractivity contribution in [2.45, 2.75) is 39.5 Å². The predicted molar refractivity (Wildman–Crippen MR) is 101 cm³/mol. The maximum atomic E-state index is 13.0. The summed E-state index contributed by atoms with van der Waals surface area (Å²) in [5, 5.41) is 14.3. The van der Waals surface area contributed by atoms with Crippen LogP contribution in [0.3, 0.4) is 0 Å². The highest BCUT2D eigenvalue weighted by molar-refractivity contribution is 5.83. The number of benzene rings is 1. The third-order valence-corrected chi connectivity index (χ3v) is 6.42. The SMILES string of the molecule is Cc1nn(-c2ccccc2)c(C)c1CC(=O)N1C[C@@H]2CCC[C@@]2(C(=O)O)C1. The van der Waals surface area contributed by atoms with Crippen molar-refractivity contribution in [1.29, 1.82) is 0 Å². The lowest BCUT2D eigenvalue weighted by atomic mass is 9.81. The maximum absolute atomic E-state index is 13.0. The Morgan fingerprint density at radius 3 is 2.67 bits per heavy atom. The summed E-state index contributed by atoms with van der Waals surface area (Å²) < 4.78 is 1.87. The number of carboxylic acid groups (broad SMARTS) is 1. The summed E-state index contributed by atoms with van der Waals surface area (Å²) in [4.78, 5) is 26.6. The van der Waals surface area contributed by atoms with Gasteiger partial charge in [-0.15, -0.1) is 0 Å². The third kappa shape index (κ3) is 2.83. The van der Waals surface area contributed by atoms with Crippen molar-refractivity contribution in [3.05, 3.63) is 47.3 Å². The number of nitrogens with zero attached hydrogens (tertiary/aromatic N) is 3. The van der Waals surface area contributed by atoms with Gasteiger partial charge in [0.05, 0.1) is 23.2 Å². The van der Waals surface area contributed by atoms with Gasteiger partial charge in [-0.25, -0.2) is 4.68 Å². The van der Waals surface area contributed by atoms with Gasteiger partial charge in [0.2, 0.25) is 5.91 Å². The molecule has 1 amide bonds. The number of aryl methyl sites for hydroxylation is 1. The second-order valence-corrected chi connectivity index (χ2v) is 7.90. The first-order valence-corrected chi connectivity index (χ1v) is 9.54. The molecule has 142 valence electrons. The summed E-state index contributed by atoms with van der Waals surface area (Å²) in [6.45, 7) is 4.81. The lowest BCUT2D eigenvalue weighted by Gasteiger charge is -2.23. The van der Waals surface area contributed by atoms with Gasteiger partial charge in [-0.05, 0) is 44.7 Å². The summed E-state index contributed by atoms with van der Waals surface area (Å²) in [6.07, 6.45) is 2.80. The van der Waals surface area contributed by atoms with Crippen LogP contribution in [0.1, 0.15) is 36.2 Å². The van der Waals surface area contributed by atoms with Gasteiger partial charge in [0.25, 0.3) is 0 Å². The van der Waals surface area contributed by atoms with Crippen LogP contribution in [-0.4, -0.2) is 44.8 Å². The number of hydrogen-bond acceptors (Lipinski definition) is 3. The van der Waals surface area contributed by atoms with E-state index in [2.05, 4.69) is 5.10 Å². The molecule has 1 aliphatic heterocycles. The second-order valence-electron chi connectivity index (χ2n) is 7.90. The van der Waals surface area contributed by atoms with Gasteiger partial charge in [0.1, 0.15) is 0 Å². The van der Waals surface area contributed by atoms with E-state index in [1.54, 1.807) is 4.90 Å². The molecular formula is C21H25N3O3. The Balaban J connectivity index is 1.55. The molecule has 2 heterocycles. The first-order chi connectivity index (χ1) is 12.9. The quantitative estimate of drug-likeness (QED) is 0.902. The standard InChI is InChI=1S/C21H25N3O3/c1-14-18(15(2)24(22-14)17-8-4-3-5-9-17)11-19(25)23-12-16-7-6-10-21(16,13-23)20(26)27/h3-5,8-9,16H,6-7,10-13H2,1-2H3,(H,26,27)/t16-,21+/m0/s1. The van der Waals surface area contributed by atoms with Crippen LogP contribution < -0.4 is 0 Å². The average Bonchev–Trinajstić information content (AvgIpc) is 3.29. The highest BCUT2D eigenvalue weighted by Gasteiger charge is 2.55. The van der Waals surface area contributed by atoms with E-state index in [4.69, 9.17) is 0 Å². The van der Waals surface area contributed by atoms with Crippen LogP contribution in [0.25, 0.3) is 5.69 Å². The number of carboxylic acids is 1. The number of aliphatic carboxylic acids is 1. The first-order valence-electron chi connectivity index (χ1n) is 9.54. The molecule has 4 rings (SSSR count). The number of fused-ring (bicyclic) bond motifs is 1. The molecule has 2 fully saturated rings. The molecule has 1 aliphatic carbocycles. The van der Waals surface area contributed by atoms with Crippen molar-refractivity contribution in [3.8, 4) is 5.69 Å². The van der Waals surface area contributed by atoms with Gasteiger partial charge in [-0.2, -0.15) is 5.10 Å². The zero-order valence-corrected chi connectivity index (χ0v) is 15.8. The Labute approximate surface area is 158 Å². The zero-order chi connectivity index (χ0) is 19.2. The van der Waals surface area contributed by atoms with E-state index in [1.807, 2.05) is 48.9 Å². The number of amides is 1. The van der Waals surface area contributed by atoms with Crippen molar-refractivity contribution in [2.24, 2.45) is 11.3 Å². The largest absolute Gasteiger partial charge is 0.481 e. The fourth-order valence-electron chi connectivity index (χ4n) is 4.84. The minimum absolute atomic E-state index is 0.00355. The van der Waals surface area contributed by atoms with Crippen molar-refractivity contribution < 1.29 is 14.7 Å². The topological polar surface area (TPSA) is 75.4 Å². The number of carbonyl (C=O) groups is 2. The van der Waals surface area contributed by atoms with Crippen LogP contribution in [0.5, 0.6) is 0 Å². The van der Waals surface area contributed by atoms with Crippen LogP contribution in [0, 0.1) is 25.2 Å². The van der Waals surface area contributed by atoms with Crippen molar-refractivity contribution >= 4 is 11.9 Å². The fraction of sp³-hybridized carbons (Fsp3) is 0.476. The van der Waals surface area contributed by atoms with Gasteiger partial charge in [-0.1, -0.05) is 24.6 Å². The molecule has 2 aromatic rings. The molecular weight excluding hydrogens is 342 g/mol. The lowest BCUT2D eigenvalue weighted by Crippen LogP contribution is -2.37. The van der Waals surface area contributed by atoms with E-state index in [1.165, 1.54) is 0 Å². The van der Waals surface area contributed by atoms with Crippen molar-refractivity contribution in [3.63, 3.8) is 0 Å². The minimum atomic E-state index is -0.746. The number of carbonyl (C=O) groups excluding carboxylic acids is 1. The van der Waals surface area contributed by atoms with E-state index in [-0.39, 0.29) is 18.2 Å². The molecule has 0 unspecified atom stereocenters. The summed E-state index contributed by atoms with van der Waals surface area (Å²) in [5.74, 6) is -0.651. The average molecular weight is 367 g/mol. The Bertz CT molecular complexity index is 890. The zero-order valence-electron chi connectivity index (χ0n) is 15.8. The minimum Gasteiger partial charge on any atom is -0.481 e. The normalized spacial score (nSPS) is 24.2. The molecule has 0 radical (unpaired) electrons. The van der Waals surface area contributed by atoms with E-state index in [0.29, 0.717) is 19.5 Å². The van der Waals surface area contributed by atoms with Crippen LogP contribution in [-0.2, 0) is 16.0 Å². The Hall–Kier alpha value is -2.63. The fourth-order valence-corrected chi connectivity index (χ4v) is 4.84. The van der Waals surface area contributed by atoms with Gasteiger partial charge in [0.15, 0.2) is 0 Å². The van der Waals surface area contributed by atoms with E-state index >= 15 is 0 Å². The molecule has 2 atom stereocenters. The molecule has 27 heavy (non-hydrogen) atoms. The van der Waals surface area contributed by atoms with Crippen LogP contribution >= 0.6 is 0 Å². The van der Waals surface area contributed by atoms with E-state index < -0.39 is 11.4 Å². The van der Waals surface area contributed by atoms with E-state index in [9.17, 15) is 14.7 Å². The number of para-hydroxylation sites is 1. The highest BCUT2D eigenvalue weighted by atomic mass is 16.4. The maximum Gasteiger partial charge on any atom is 0.311 e. The highest BCUT2D eigenvalue weighted by Crippen LogP contribution is 2.49. The summed E-state index contributed by atoms with van der Waals surface area (Å²) >= 11 is 0. The molecule has 1 saturated carbocycles. The van der Waals surface area contributed by atoms with Crippen molar-refractivity contribution in [2.75, 3.05) is 13.1 Å². The lowest BCUT2D eigenvalue weighted by molar-refractivity contribution is -0.149. The summed E-state index contributed by atoms with van der Waals surface area (Å²) in [7, 11) is 0. The monoisotopic (exact) mass is 367 g/mol. The number of aromatic nitrogens is 2. The predicted octanol–water partition coefficient (Wildman–Crippen LogP) is 2.74. The van der Waals surface area contributed by atoms with Gasteiger partial charge < -0.3 is 10.0 Å². The first kappa shape index (κ1) is 17.8. The van der Waals surface area contributed by atoms with Crippen molar-refractivity contribution in [1.82, 2.24) is 14.7 Å². The number of likely N-dealkylation sites (tertiary alicyclic amines) is 1. The smallest absolute Gasteiger partial charge is 0.311 e. The molecule has 1 aromatic carbocycles. The molecule has 0 bridgehead atoms. The molecule has 2 aliphatic rings. The van der Waals surface area contributed by atoms with Crippen LogP contribution in [0.15, 0.2) is 30.3 Å². The molecule has 6 nitrogen and oxygen atoms in total. The molecule has 6 heteroatoms. The van der Waals surface area contributed by atoms with Crippen LogP contribution in [0.4, 0.5) is 0 Å². The Morgan fingerprint density at radius 1 is 1.26 bits per heavy atom. The molecule has 1 aromatic heterocycles. The number of rotatable bonds is 4.